The van der Waals surface area contributed by atoms with E-state index in [9.17, 15) is 0 Å². The molecule has 0 aliphatic carbocycles. The van der Waals surface area contributed by atoms with Crippen LogP contribution in [-0.2, 0) is 0 Å². The van der Waals surface area contributed by atoms with Gasteiger partial charge < -0.3 is 4.98 Å². The predicted molar refractivity (Wildman–Crippen MR) is 58.0 cm³/mol. The highest BCUT2D eigenvalue weighted by molar-refractivity contribution is 7.78. The molecule has 0 aliphatic rings. The summed E-state index contributed by atoms with van der Waals surface area (Å²) in [6.07, 6.45) is 1.73. The Labute approximate surface area is 85.2 Å². The maximum atomic E-state index is 5.96. The van der Waals surface area contributed by atoms with Crippen LogP contribution in [0.1, 0.15) is 0 Å². The van der Waals surface area contributed by atoms with Crippen molar-refractivity contribution in [3.8, 4) is 0 Å². The molecular formula is C9H5ClN2S. The summed E-state index contributed by atoms with van der Waals surface area (Å²) in [6.45, 7) is 0. The van der Waals surface area contributed by atoms with Crippen molar-refractivity contribution in [2.75, 3.05) is 0 Å². The summed E-state index contributed by atoms with van der Waals surface area (Å²) in [4.78, 5) is 6.96. The van der Waals surface area contributed by atoms with Crippen molar-refractivity contribution >= 4 is 45.6 Å². The molecule has 1 N–H and O–H groups in total. The zero-order valence-electron chi connectivity index (χ0n) is 6.54. The van der Waals surface area contributed by atoms with Crippen molar-refractivity contribution in [2.45, 2.75) is 0 Å². The molecular weight excluding hydrogens is 204 g/mol. The molecule has 0 amide bonds. The van der Waals surface area contributed by atoms with Gasteiger partial charge in [-0.15, -0.1) is 0 Å². The van der Waals surface area contributed by atoms with Crippen molar-refractivity contribution < 1.29 is 0 Å². The lowest BCUT2D eigenvalue weighted by Crippen LogP contribution is -1.68. The van der Waals surface area contributed by atoms with E-state index in [0.717, 1.165) is 16.6 Å². The highest BCUT2D eigenvalue weighted by Gasteiger charge is 2.04. The van der Waals surface area contributed by atoms with Crippen molar-refractivity contribution in [3.05, 3.63) is 29.4 Å². The van der Waals surface area contributed by atoms with E-state index in [1.165, 1.54) is 0 Å². The molecule has 2 rings (SSSR count). The first-order valence-corrected chi connectivity index (χ1v) is 4.45. The summed E-state index contributed by atoms with van der Waals surface area (Å²) < 4.78 is 0. The van der Waals surface area contributed by atoms with Gasteiger partial charge in [0.2, 0.25) is 0 Å². The Balaban J connectivity index is 2.87. The molecule has 4 heteroatoms. The fourth-order valence-electron chi connectivity index (χ4n) is 1.27. The maximum Gasteiger partial charge on any atom is 0.0848 e. The van der Waals surface area contributed by atoms with E-state index >= 15 is 0 Å². The van der Waals surface area contributed by atoms with Crippen LogP contribution in [0, 0.1) is 0 Å². The molecule has 0 atom stereocenters. The summed E-state index contributed by atoms with van der Waals surface area (Å²) in [6, 6.07) is 5.67. The molecule has 0 spiro atoms. The predicted octanol–water partition coefficient (Wildman–Crippen LogP) is 3.56. The molecule has 0 saturated heterocycles. The average molecular weight is 209 g/mol. The minimum Gasteiger partial charge on any atom is -0.360 e. The molecule has 0 fully saturated rings. The molecule has 2 nitrogen and oxygen atoms in total. The van der Waals surface area contributed by atoms with Gasteiger partial charge in [-0.05, 0) is 24.4 Å². The smallest absolute Gasteiger partial charge is 0.0848 e. The van der Waals surface area contributed by atoms with Crippen LogP contribution in [0.2, 0.25) is 5.02 Å². The highest BCUT2D eigenvalue weighted by Crippen LogP contribution is 2.31. The Hall–Kier alpha value is -1.15. The molecule has 1 aromatic carbocycles. The molecule has 2 aromatic rings. The van der Waals surface area contributed by atoms with Gasteiger partial charge in [-0.2, -0.15) is 4.99 Å². The van der Waals surface area contributed by atoms with Crippen LogP contribution in [-0.4, -0.2) is 10.1 Å². The van der Waals surface area contributed by atoms with E-state index in [1.54, 1.807) is 6.20 Å². The molecule has 0 bridgehead atoms. The van der Waals surface area contributed by atoms with Crippen LogP contribution in [0.5, 0.6) is 0 Å². The van der Waals surface area contributed by atoms with Crippen LogP contribution in [0.15, 0.2) is 29.4 Å². The Bertz CT molecular complexity index is 497. The molecule has 64 valence electrons. The van der Waals surface area contributed by atoms with Gasteiger partial charge >= 0.3 is 0 Å². The number of hydrogen-bond donors (Lipinski definition) is 1. The second-order valence-electron chi connectivity index (χ2n) is 2.54. The summed E-state index contributed by atoms with van der Waals surface area (Å²) >= 11 is 10.5. The first kappa shape index (κ1) is 8.45. The number of nitrogens with one attached hydrogen (secondary N) is 1. The monoisotopic (exact) mass is 208 g/mol. The number of isothiocyanates is 1. The molecule has 0 unspecified atom stereocenters. The lowest BCUT2D eigenvalue weighted by atomic mass is 10.2. The molecule has 1 heterocycles. The lowest BCUT2D eigenvalue weighted by Gasteiger charge is -1.94. The summed E-state index contributed by atoms with van der Waals surface area (Å²) in [7, 11) is 0. The van der Waals surface area contributed by atoms with Gasteiger partial charge in [0.25, 0.3) is 0 Å². The maximum absolute atomic E-state index is 5.96. The van der Waals surface area contributed by atoms with Gasteiger partial charge in [-0.25, -0.2) is 0 Å². The van der Waals surface area contributed by atoms with E-state index in [0.29, 0.717) is 5.02 Å². The van der Waals surface area contributed by atoms with Crippen LogP contribution < -0.4 is 0 Å². The van der Waals surface area contributed by atoms with E-state index < -0.39 is 0 Å². The van der Waals surface area contributed by atoms with Crippen LogP contribution >= 0.6 is 23.8 Å². The summed E-state index contributed by atoms with van der Waals surface area (Å²) in [5.41, 5.74) is 1.70. The number of nitrogens with zero attached hydrogens (tertiary/aromatic N) is 1. The molecule has 0 radical (unpaired) electrons. The van der Waals surface area contributed by atoms with Gasteiger partial charge in [0, 0.05) is 17.1 Å². The number of fused-ring (bicyclic) bond motifs is 1. The third kappa shape index (κ3) is 1.38. The van der Waals surface area contributed by atoms with Gasteiger partial charge in [-0.1, -0.05) is 17.7 Å². The Morgan fingerprint density at radius 1 is 1.46 bits per heavy atom. The van der Waals surface area contributed by atoms with Crippen molar-refractivity contribution in [2.24, 2.45) is 4.99 Å². The third-order valence-corrected chi connectivity index (χ3v) is 2.19. The minimum absolute atomic E-state index is 0.652. The van der Waals surface area contributed by atoms with Gasteiger partial charge in [0.1, 0.15) is 0 Å². The van der Waals surface area contributed by atoms with Crippen molar-refractivity contribution in [1.82, 2.24) is 4.98 Å². The molecule has 1 aromatic heterocycles. The number of rotatable bonds is 1. The minimum atomic E-state index is 0.652. The standard InChI is InChI=1S/C9H5ClN2S/c10-6-4-11-7-2-1-3-8(9(6)7)12-5-13/h1-4,11H. The molecule has 13 heavy (non-hydrogen) atoms. The zero-order chi connectivity index (χ0) is 9.26. The summed E-state index contributed by atoms with van der Waals surface area (Å²) in [5, 5.41) is 3.87. The van der Waals surface area contributed by atoms with Gasteiger partial charge in [-0.3, -0.25) is 0 Å². The fourth-order valence-corrected chi connectivity index (χ4v) is 1.62. The quantitative estimate of drug-likeness (QED) is 0.563. The number of aromatic amines is 1. The largest absolute Gasteiger partial charge is 0.360 e. The Morgan fingerprint density at radius 3 is 3.08 bits per heavy atom. The van der Waals surface area contributed by atoms with Gasteiger partial charge in [0.05, 0.1) is 15.9 Å². The van der Waals surface area contributed by atoms with Crippen LogP contribution in [0.4, 0.5) is 5.69 Å². The van der Waals surface area contributed by atoms with Crippen molar-refractivity contribution in [3.63, 3.8) is 0 Å². The number of halogens is 1. The first-order valence-electron chi connectivity index (χ1n) is 3.66. The lowest BCUT2D eigenvalue weighted by molar-refractivity contribution is 1.47. The summed E-state index contributed by atoms with van der Waals surface area (Å²) in [5.74, 6) is 0. The molecule has 0 saturated carbocycles. The Kier molecular flexibility index (Phi) is 2.15. The van der Waals surface area contributed by atoms with Gasteiger partial charge in [0.15, 0.2) is 0 Å². The van der Waals surface area contributed by atoms with E-state index in [1.807, 2.05) is 18.2 Å². The highest BCUT2D eigenvalue weighted by atomic mass is 35.5. The SMILES string of the molecule is S=C=Nc1cccc2[nH]cc(Cl)c12. The second kappa shape index (κ2) is 3.30. The number of hydrogen-bond acceptors (Lipinski definition) is 2. The number of aliphatic imine (C=N–C) groups is 1. The van der Waals surface area contributed by atoms with E-state index in [-0.39, 0.29) is 0 Å². The fraction of sp³-hybridized carbons (Fsp3) is 0. The number of aromatic nitrogens is 1. The number of thiocarbonyl (C=S) groups is 1. The zero-order valence-corrected chi connectivity index (χ0v) is 8.12. The molecule has 0 aliphatic heterocycles. The number of benzene rings is 1. The Morgan fingerprint density at radius 2 is 2.31 bits per heavy atom. The number of H-pyrrole nitrogens is 1. The van der Waals surface area contributed by atoms with Crippen LogP contribution in [0.3, 0.4) is 0 Å². The second-order valence-corrected chi connectivity index (χ2v) is 3.13. The van der Waals surface area contributed by atoms with Crippen LogP contribution in [0.25, 0.3) is 10.9 Å². The topological polar surface area (TPSA) is 28.1 Å². The van der Waals surface area contributed by atoms with E-state index in [2.05, 4.69) is 27.4 Å². The third-order valence-electron chi connectivity index (χ3n) is 1.80. The normalized spacial score (nSPS) is 9.92. The van der Waals surface area contributed by atoms with Crippen molar-refractivity contribution in [1.29, 1.82) is 0 Å². The van der Waals surface area contributed by atoms with E-state index in [4.69, 9.17) is 11.6 Å². The average Bonchev–Trinajstić information content (AvgIpc) is 2.50. The first-order chi connectivity index (χ1) is 6.33.